The number of aromatic nitrogens is 2. The maximum absolute atomic E-state index is 11.7. The number of carbonyl (C=O) groups is 1. The Balaban J connectivity index is 2.15. The molecule has 0 atom stereocenters. The molecule has 2 aromatic rings. The van der Waals surface area contributed by atoms with E-state index in [0.717, 1.165) is 12.2 Å². The molecule has 0 aliphatic heterocycles. The Labute approximate surface area is 93.1 Å². The predicted octanol–water partition coefficient (Wildman–Crippen LogP) is 2.06. The molecule has 0 aliphatic carbocycles. The first-order valence-electron chi connectivity index (χ1n) is 5.09. The molecule has 16 heavy (non-hydrogen) atoms. The van der Waals surface area contributed by atoms with Crippen molar-refractivity contribution in [3.05, 3.63) is 36.0 Å². The summed E-state index contributed by atoms with van der Waals surface area (Å²) >= 11 is 0. The minimum atomic E-state index is -0.260. The third-order valence-corrected chi connectivity index (χ3v) is 2.40. The van der Waals surface area contributed by atoms with E-state index in [1.165, 1.54) is 6.26 Å². The highest BCUT2D eigenvalue weighted by molar-refractivity contribution is 6.02. The van der Waals surface area contributed by atoms with E-state index >= 15 is 0 Å². The summed E-state index contributed by atoms with van der Waals surface area (Å²) in [5.41, 5.74) is 1.64. The van der Waals surface area contributed by atoms with E-state index in [0.29, 0.717) is 11.4 Å². The molecule has 1 amide bonds. The van der Waals surface area contributed by atoms with Gasteiger partial charge in [0.2, 0.25) is 0 Å². The number of hydrogen-bond donors (Lipinski definition) is 1. The van der Waals surface area contributed by atoms with Crippen LogP contribution in [0.2, 0.25) is 0 Å². The van der Waals surface area contributed by atoms with Crippen LogP contribution in [0.15, 0.2) is 29.0 Å². The molecule has 5 nitrogen and oxygen atoms in total. The minimum absolute atomic E-state index is 0.260. The molecule has 0 unspecified atom stereocenters. The summed E-state index contributed by atoms with van der Waals surface area (Å²) in [6.45, 7) is 4.69. The van der Waals surface area contributed by atoms with Crippen molar-refractivity contribution in [2.24, 2.45) is 0 Å². The molecular formula is C11H13N3O2. The summed E-state index contributed by atoms with van der Waals surface area (Å²) in [6.07, 6.45) is 3.11. The fraction of sp³-hybridized carbons (Fsp3) is 0.273. The van der Waals surface area contributed by atoms with Crippen molar-refractivity contribution in [1.82, 2.24) is 9.78 Å². The maximum atomic E-state index is 11.7. The van der Waals surface area contributed by atoms with Crippen molar-refractivity contribution in [3.63, 3.8) is 0 Å². The van der Waals surface area contributed by atoms with Gasteiger partial charge in [0.25, 0.3) is 5.91 Å². The van der Waals surface area contributed by atoms with Crippen LogP contribution in [0, 0.1) is 6.92 Å². The largest absolute Gasteiger partial charge is 0.459 e. The van der Waals surface area contributed by atoms with E-state index in [4.69, 9.17) is 4.42 Å². The number of furan rings is 1. The molecule has 2 aromatic heterocycles. The number of carbonyl (C=O) groups excluding carboxylic acids is 1. The standard InChI is InChI=1S/C11H13N3O2/c1-3-14-8(2)9(7-12-14)13-11(15)10-5-4-6-16-10/h4-7H,3H2,1-2H3,(H,13,15). The summed E-state index contributed by atoms with van der Waals surface area (Å²) in [7, 11) is 0. The molecule has 0 bridgehead atoms. The lowest BCUT2D eigenvalue weighted by Gasteiger charge is -2.03. The van der Waals surface area contributed by atoms with Crippen molar-refractivity contribution in [2.45, 2.75) is 20.4 Å². The molecule has 0 aromatic carbocycles. The van der Waals surface area contributed by atoms with Gasteiger partial charge in [-0.1, -0.05) is 0 Å². The van der Waals surface area contributed by atoms with Gasteiger partial charge >= 0.3 is 0 Å². The lowest BCUT2D eigenvalue weighted by atomic mass is 10.3. The number of nitrogens with zero attached hydrogens (tertiary/aromatic N) is 2. The average Bonchev–Trinajstić information content (AvgIpc) is 2.89. The number of amides is 1. The Morgan fingerprint density at radius 3 is 3.00 bits per heavy atom. The van der Waals surface area contributed by atoms with Crippen molar-refractivity contribution < 1.29 is 9.21 Å². The quantitative estimate of drug-likeness (QED) is 0.859. The molecule has 0 spiro atoms. The first-order chi connectivity index (χ1) is 7.72. The zero-order valence-corrected chi connectivity index (χ0v) is 9.23. The van der Waals surface area contributed by atoms with E-state index in [1.54, 1.807) is 18.3 Å². The van der Waals surface area contributed by atoms with Crippen molar-refractivity contribution in [2.75, 3.05) is 5.32 Å². The molecule has 0 aliphatic rings. The van der Waals surface area contributed by atoms with E-state index in [1.807, 2.05) is 18.5 Å². The van der Waals surface area contributed by atoms with Gasteiger partial charge in [-0.15, -0.1) is 0 Å². The molecule has 0 saturated carbocycles. The highest BCUT2D eigenvalue weighted by atomic mass is 16.3. The number of hydrogen-bond acceptors (Lipinski definition) is 3. The van der Waals surface area contributed by atoms with Gasteiger partial charge in [-0.2, -0.15) is 5.10 Å². The maximum Gasteiger partial charge on any atom is 0.291 e. The highest BCUT2D eigenvalue weighted by Crippen LogP contribution is 2.14. The summed E-state index contributed by atoms with van der Waals surface area (Å²) in [5, 5.41) is 6.89. The van der Waals surface area contributed by atoms with Crippen LogP contribution < -0.4 is 5.32 Å². The summed E-state index contributed by atoms with van der Waals surface area (Å²) in [6, 6.07) is 3.30. The first-order valence-corrected chi connectivity index (χ1v) is 5.09. The number of nitrogens with one attached hydrogen (secondary N) is 1. The molecular weight excluding hydrogens is 206 g/mol. The van der Waals surface area contributed by atoms with Crippen LogP contribution in [0.25, 0.3) is 0 Å². The second-order valence-corrected chi connectivity index (χ2v) is 3.39. The summed E-state index contributed by atoms with van der Waals surface area (Å²) in [4.78, 5) is 11.7. The van der Waals surface area contributed by atoms with Crippen LogP contribution >= 0.6 is 0 Å². The average molecular weight is 219 g/mol. The second kappa shape index (κ2) is 4.22. The molecule has 1 N–H and O–H groups in total. The molecule has 84 valence electrons. The topological polar surface area (TPSA) is 60.1 Å². The van der Waals surface area contributed by atoms with Gasteiger partial charge in [0.05, 0.1) is 23.8 Å². The SMILES string of the molecule is CCn1ncc(NC(=O)c2ccco2)c1C. The van der Waals surface area contributed by atoms with Gasteiger partial charge in [-0.25, -0.2) is 0 Å². The fourth-order valence-electron chi connectivity index (χ4n) is 1.48. The van der Waals surface area contributed by atoms with Crippen molar-refractivity contribution in [1.29, 1.82) is 0 Å². The Kier molecular flexibility index (Phi) is 2.76. The summed E-state index contributed by atoms with van der Waals surface area (Å²) in [5.74, 6) is 0.0346. The molecule has 2 rings (SSSR count). The zero-order chi connectivity index (χ0) is 11.5. The molecule has 0 radical (unpaired) electrons. The predicted molar refractivity (Wildman–Crippen MR) is 59.3 cm³/mol. The van der Waals surface area contributed by atoms with Crippen LogP contribution in [0.4, 0.5) is 5.69 Å². The number of aryl methyl sites for hydroxylation is 1. The molecule has 5 heteroatoms. The zero-order valence-electron chi connectivity index (χ0n) is 9.23. The number of anilines is 1. The Morgan fingerprint density at radius 1 is 1.62 bits per heavy atom. The second-order valence-electron chi connectivity index (χ2n) is 3.39. The molecule has 0 fully saturated rings. The third-order valence-electron chi connectivity index (χ3n) is 2.40. The smallest absolute Gasteiger partial charge is 0.291 e. The van der Waals surface area contributed by atoms with Gasteiger partial charge in [-0.05, 0) is 26.0 Å². The van der Waals surface area contributed by atoms with Crippen LogP contribution in [0.3, 0.4) is 0 Å². The minimum Gasteiger partial charge on any atom is -0.459 e. The number of rotatable bonds is 3. The van der Waals surface area contributed by atoms with Gasteiger partial charge in [0.15, 0.2) is 5.76 Å². The Bertz CT molecular complexity index is 485. The van der Waals surface area contributed by atoms with Crippen LogP contribution in [-0.2, 0) is 6.54 Å². The van der Waals surface area contributed by atoms with E-state index in [9.17, 15) is 4.79 Å². The monoisotopic (exact) mass is 219 g/mol. The van der Waals surface area contributed by atoms with Crippen LogP contribution in [-0.4, -0.2) is 15.7 Å². The van der Waals surface area contributed by atoms with Crippen molar-refractivity contribution >= 4 is 11.6 Å². The van der Waals surface area contributed by atoms with E-state index in [-0.39, 0.29) is 5.91 Å². The van der Waals surface area contributed by atoms with Crippen LogP contribution in [0.1, 0.15) is 23.2 Å². The lowest BCUT2D eigenvalue weighted by molar-refractivity contribution is 0.0996. The van der Waals surface area contributed by atoms with E-state index < -0.39 is 0 Å². The fourth-order valence-corrected chi connectivity index (χ4v) is 1.48. The van der Waals surface area contributed by atoms with E-state index in [2.05, 4.69) is 10.4 Å². The third kappa shape index (κ3) is 1.84. The van der Waals surface area contributed by atoms with Crippen LogP contribution in [0.5, 0.6) is 0 Å². The van der Waals surface area contributed by atoms with Gasteiger partial charge < -0.3 is 9.73 Å². The Morgan fingerprint density at radius 2 is 2.44 bits per heavy atom. The lowest BCUT2D eigenvalue weighted by Crippen LogP contribution is -2.11. The first kappa shape index (κ1) is 10.5. The van der Waals surface area contributed by atoms with Gasteiger partial charge in [-0.3, -0.25) is 9.48 Å². The normalized spacial score (nSPS) is 10.4. The van der Waals surface area contributed by atoms with Gasteiger partial charge in [0.1, 0.15) is 0 Å². The summed E-state index contributed by atoms with van der Waals surface area (Å²) < 4.78 is 6.82. The molecule has 0 saturated heterocycles. The molecule has 2 heterocycles. The van der Waals surface area contributed by atoms with Gasteiger partial charge in [0, 0.05) is 6.54 Å². The Hall–Kier alpha value is -2.04. The van der Waals surface area contributed by atoms with Crippen molar-refractivity contribution in [3.8, 4) is 0 Å². The highest BCUT2D eigenvalue weighted by Gasteiger charge is 2.12.